The molecular formula is C24H32Br2O. The summed E-state index contributed by atoms with van der Waals surface area (Å²) in [4.78, 5) is 0. The Labute approximate surface area is 182 Å². The molecule has 2 aromatic rings. The lowest BCUT2D eigenvalue weighted by Crippen LogP contribution is -2.03. The average molecular weight is 496 g/mol. The normalized spacial score (nSPS) is 13.4. The summed E-state index contributed by atoms with van der Waals surface area (Å²) >= 11 is 7.33. The molecule has 0 saturated carbocycles. The topological polar surface area (TPSA) is 9.23 Å². The van der Waals surface area contributed by atoms with Crippen LogP contribution in [0, 0.1) is 0 Å². The van der Waals surface area contributed by atoms with Gasteiger partial charge in [-0.25, -0.2) is 0 Å². The maximum Gasteiger partial charge on any atom is 0.0466 e. The summed E-state index contributed by atoms with van der Waals surface area (Å²) in [6, 6.07) is 21.6. The lowest BCUT2D eigenvalue weighted by atomic mass is 9.95. The van der Waals surface area contributed by atoms with Crippen molar-refractivity contribution in [1.82, 2.24) is 0 Å². The van der Waals surface area contributed by atoms with Crippen molar-refractivity contribution in [3.05, 3.63) is 71.8 Å². The van der Waals surface area contributed by atoms with E-state index in [9.17, 15) is 0 Å². The molecule has 148 valence electrons. The highest BCUT2D eigenvalue weighted by molar-refractivity contribution is 9.09. The van der Waals surface area contributed by atoms with E-state index in [0.29, 0.717) is 11.8 Å². The maximum absolute atomic E-state index is 5.85. The van der Waals surface area contributed by atoms with Crippen molar-refractivity contribution in [3.8, 4) is 0 Å². The van der Waals surface area contributed by atoms with Crippen LogP contribution in [0.3, 0.4) is 0 Å². The summed E-state index contributed by atoms with van der Waals surface area (Å²) in [6.45, 7) is 1.79. The molecule has 0 amide bonds. The predicted octanol–water partition coefficient (Wildman–Crippen LogP) is 7.70. The summed E-state index contributed by atoms with van der Waals surface area (Å²) < 4.78 is 5.85. The third-order valence-electron chi connectivity index (χ3n) is 5.10. The van der Waals surface area contributed by atoms with Gasteiger partial charge in [0.2, 0.25) is 0 Å². The fourth-order valence-electron chi connectivity index (χ4n) is 3.41. The van der Waals surface area contributed by atoms with E-state index in [-0.39, 0.29) is 0 Å². The number of alkyl halides is 2. The molecule has 0 bridgehead atoms. The molecule has 0 heterocycles. The van der Waals surface area contributed by atoms with Gasteiger partial charge in [-0.05, 0) is 48.6 Å². The lowest BCUT2D eigenvalue weighted by molar-refractivity contribution is 0.125. The van der Waals surface area contributed by atoms with Crippen LogP contribution in [-0.4, -0.2) is 23.9 Å². The first-order valence-electron chi connectivity index (χ1n) is 10.1. The van der Waals surface area contributed by atoms with Crippen molar-refractivity contribution in [2.24, 2.45) is 0 Å². The molecule has 0 aliphatic heterocycles. The van der Waals surface area contributed by atoms with E-state index < -0.39 is 0 Å². The molecule has 2 aromatic carbocycles. The van der Waals surface area contributed by atoms with E-state index in [1.165, 1.54) is 36.8 Å². The Bertz CT molecular complexity index is 534. The molecular weight excluding hydrogens is 464 g/mol. The molecule has 1 nitrogen and oxygen atoms in total. The van der Waals surface area contributed by atoms with Crippen LogP contribution in [0.5, 0.6) is 0 Å². The van der Waals surface area contributed by atoms with Gasteiger partial charge in [0.25, 0.3) is 0 Å². The van der Waals surface area contributed by atoms with Gasteiger partial charge < -0.3 is 4.74 Å². The van der Waals surface area contributed by atoms with Gasteiger partial charge in [0.15, 0.2) is 0 Å². The fourth-order valence-corrected chi connectivity index (χ4v) is 4.80. The van der Waals surface area contributed by atoms with Crippen molar-refractivity contribution in [3.63, 3.8) is 0 Å². The first-order chi connectivity index (χ1) is 13.3. The van der Waals surface area contributed by atoms with Crippen LogP contribution in [0.2, 0.25) is 0 Å². The van der Waals surface area contributed by atoms with Crippen molar-refractivity contribution >= 4 is 31.9 Å². The third kappa shape index (κ3) is 8.93. The van der Waals surface area contributed by atoms with E-state index >= 15 is 0 Å². The van der Waals surface area contributed by atoms with E-state index in [0.717, 1.165) is 36.7 Å². The molecule has 0 fully saturated rings. The van der Waals surface area contributed by atoms with E-state index in [4.69, 9.17) is 4.74 Å². The molecule has 0 spiro atoms. The molecule has 0 aromatic heterocycles. The van der Waals surface area contributed by atoms with E-state index in [2.05, 4.69) is 92.5 Å². The molecule has 0 saturated heterocycles. The minimum absolute atomic E-state index is 0.616. The summed E-state index contributed by atoms with van der Waals surface area (Å²) in [5, 5.41) is 2.07. The van der Waals surface area contributed by atoms with Gasteiger partial charge in [-0.15, -0.1) is 0 Å². The Balaban J connectivity index is 1.50. The number of rotatable bonds is 14. The van der Waals surface area contributed by atoms with Crippen molar-refractivity contribution in [2.75, 3.05) is 23.9 Å². The monoisotopic (exact) mass is 494 g/mol. The van der Waals surface area contributed by atoms with Crippen LogP contribution < -0.4 is 0 Å². The van der Waals surface area contributed by atoms with Gasteiger partial charge in [0, 0.05) is 23.9 Å². The first kappa shape index (κ1) is 22.6. The maximum atomic E-state index is 5.85. The van der Waals surface area contributed by atoms with E-state index in [1.54, 1.807) is 0 Å². The molecule has 2 rings (SSSR count). The highest BCUT2D eigenvalue weighted by Gasteiger charge is 2.10. The lowest BCUT2D eigenvalue weighted by Gasteiger charge is -2.15. The van der Waals surface area contributed by atoms with Crippen molar-refractivity contribution in [2.45, 2.75) is 50.4 Å². The van der Waals surface area contributed by atoms with Crippen LogP contribution in [0.15, 0.2) is 60.7 Å². The molecule has 0 radical (unpaired) electrons. The predicted molar refractivity (Wildman–Crippen MR) is 124 cm³/mol. The van der Waals surface area contributed by atoms with Gasteiger partial charge >= 0.3 is 0 Å². The van der Waals surface area contributed by atoms with Gasteiger partial charge in [-0.2, -0.15) is 0 Å². The standard InChI is InChI=1S/C24H32Br2O/c25-19-23(21-11-3-1-4-12-21)15-7-9-17-27-18-10-8-16-24(20-26)22-13-5-2-6-14-22/h1-6,11-14,23-24H,7-10,15-20H2/t23-,24-/m0/s1. The Kier molecular flexibility index (Phi) is 12.1. The summed E-state index contributed by atoms with van der Waals surface area (Å²) in [5.74, 6) is 1.23. The Morgan fingerprint density at radius 1 is 0.593 bits per heavy atom. The molecule has 0 aliphatic carbocycles. The second-order valence-corrected chi connectivity index (χ2v) is 8.42. The van der Waals surface area contributed by atoms with Gasteiger partial charge in [0.1, 0.15) is 0 Å². The molecule has 0 N–H and O–H groups in total. The van der Waals surface area contributed by atoms with Crippen molar-refractivity contribution < 1.29 is 4.74 Å². The summed E-state index contributed by atoms with van der Waals surface area (Å²) in [5.41, 5.74) is 2.88. The van der Waals surface area contributed by atoms with Crippen LogP contribution in [0.1, 0.15) is 61.5 Å². The Morgan fingerprint density at radius 3 is 1.37 bits per heavy atom. The zero-order valence-corrected chi connectivity index (χ0v) is 19.3. The average Bonchev–Trinajstić information content (AvgIpc) is 2.73. The number of hydrogen-bond donors (Lipinski definition) is 0. The largest absolute Gasteiger partial charge is 0.381 e. The van der Waals surface area contributed by atoms with Crippen LogP contribution >= 0.6 is 31.9 Å². The van der Waals surface area contributed by atoms with Crippen LogP contribution in [0.4, 0.5) is 0 Å². The molecule has 27 heavy (non-hydrogen) atoms. The SMILES string of the molecule is BrC[C@H](CCCCOCCCC[C@@H](CBr)c1ccccc1)c1ccccc1. The highest BCUT2D eigenvalue weighted by Crippen LogP contribution is 2.25. The first-order valence-corrected chi connectivity index (χ1v) is 12.4. The quantitative estimate of drug-likeness (QED) is 0.192. The number of unbranched alkanes of at least 4 members (excludes halogenated alkanes) is 2. The minimum atomic E-state index is 0.616. The number of hydrogen-bond acceptors (Lipinski definition) is 1. The van der Waals surface area contributed by atoms with Crippen molar-refractivity contribution in [1.29, 1.82) is 0 Å². The number of ether oxygens (including phenoxy) is 1. The Morgan fingerprint density at radius 2 is 1.00 bits per heavy atom. The zero-order valence-electron chi connectivity index (χ0n) is 16.2. The van der Waals surface area contributed by atoms with Crippen LogP contribution in [0.25, 0.3) is 0 Å². The summed E-state index contributed by atoms with van der Waals surface area (Å²) in [6.07, 6.45) is 7.22. The smallest absolute Gasteiger partial charge is 0.0466 e. The second kappa shape index (κ2) is 14.4. The molecule has 3 heteroatoms. The zero-order chi connectivity index (χ0) is 19.2. The molecule has 0 aliphatic rings. The number of benzene rings is 2. The van der Waals surface area contributed by atoms with Gasteiger partial charge in [0.05, 0.1) is 0 Å². The molecule has 2 atom stereocenters. The summed E-state index contributed by atoms with van der Waals surface area (Å²) in [7, 11) is 0. The van der Waals surface area contributed by atoms with Crippen LogP contribution in [-0.2, 0) is 4.74 Å². The van der Waals surface area contributed by atoms with Gasteiger partial charge in [-0.3, -0.25) is 0 Å². The fraction of sp³-hybridized carbons (Fsp3) is 0.500. The third-order valence-corrected chi connectivity index (χ3v) is 6.66. The minimum Gasteiger partial charge on any atom is -0.381 e. The Hall–Kier alpha value is -0.640. The highest BCUT2D eigenvalue weighted by atomic mass is 79.9. The molecule has 0 unspecified atom stereocenters. The number of halogens is 2. The van der Waals surface area contributed by atoms with E-state index in [1.807, 2.05) is 0 Å². The second-order valence-electron chi connectivity index (χ2n) is 7.13. The van der Waals surface area contributed by atoms with Gasteiger partial charge in [-0.1, -0.05) is 105 Å².